The van der Waals surface area contributed by atoms with Gasteiger partial charge < -0.3 is 9.57 Å². The fourth-order valence-corrected chi connectivity index (χ4v) is 1.70. The Hall–Kier alpha value is -3.22. The molecule has 0 saturated carbocycles. The number of nitro groups is 1. The van der Waals surface area contributed by atoms with Gasteiger partial charge in [-0.15, -0.1) is 0 Å². The largest absolute Gasteiger partial charge is 0.496 e. The molecule has 0 aliphatic heterocycles. The molecule has 0 fully saturated rings. The zero-order valence-corrected chi connectivity index (χ0v) is 11.6. The molecular formula is C15H12N2O5. The number of carbonyl (C=O) groups is 1. The number of hydrogen-bond acceptors (Lipinski definition) is 6. The van der Waals surface area contributed by atoms with E-state index in [0.717, 1.165) is 6.07 Å². The van der Waals surface area contributed by atoms with E-state index >= 15 is 0 Å². The molecule has 22 heavy (non-hydrogen) atoms. The first-order chi connectivity index (χ1) is 10.6. The maximum Gasteiger partial charge on any atom is 0.365 e. The molecule has 0 amide bonds. The number of rotatable bonds is 5. The highest BCUT2D eigenvalue weighted by molar-refractivity contribution is 5.91. The Bertz CT molecular complexity index is 727. The average Bonchev–Trinajstić information content (AvgIpc) is 2.55. The number of para-hydroxylation sites is 1. The number of ether oxygens (including phenoxy) is 1. The Balaban J connectivity index is 2.08. The van der Waals surface area contributed by atoms with E-state index in [4.69, 9.17) is 9.57 Å². The van der Waals surface area contributed by atoms with E-state index in [9.17, 15) is 14.9 Å². The third-order valence-electron chi connectivity index (χ3n) is 2.76. The molecule has 0 spiro atoms. The Morgan fingerprint density at radius 3 is 2.73 bits per heavy atom. The molecule has 0 radical (unpaired) electrons. The maximum absolute atomic E-state index is 11.8. The molecule has 0 unspecified atom stereocenters. The molecule has 2 rings (SSSR count). The normalized spacial score (nSPS) is 10.4. The van der Waals surface area contributed by atoms with Gasteiger partial charge in [0.05, 0.1) is 23.8 Å². The minimum absolute atomic E-state index is 0.0476. The number of methoxy groups -OCH3 is 1. The summed E-state index contributed by atoms with van der Waals surface area (Å²) in [5.74, 6) is -0.201. The first-order valence-corrected chi connectivity index (χ1v) is 6.24. The topological polar surface area (TPSA) is 91.0 Å². The van der Waals surface area contributed by atoms with Crippen LogP contribution in [0.3, 0.4) is 0 Å². The summed E-state index contributed by atoms with van der Waals surface area (Å²) in [6, 6.07) is 12.3. The smallest absolute Gasteiger partial charge is 0.365 e. The molecule has 0 atom stereocenters. The lowest BCUT2D eigenvalue weighted by Crippen LogP contribution is -2.02. The van der Waals surface area contributed by atoms with Gasteiger partial charge in [0.1, 0.15) is 5.75 Å². The zero-order chi connectivity index (χ0) is 15.9. The standard InChI is InChI=1S/C15H12N2O5/c1-21-14-8-3-2-5-12(14)10-16-22-15(18)11-6-4-7-13(9-11)17(19)20/h2-10H,1H3/b16-10-. The number of benzene rings is 2. The SMILES string of the molecule is COc1ccccc1/C=N\OC(=O)c1cccc([N+](=O)[O-])c1. The summed E-state index contributed by atoms with van der Waals surface area (Å²) in [5, 5.41) is 14.2. The maximum atomic E-state index is 11.8. The van der Waals surface area contributed by atoms with Crippen molar-refractivity contribution in [2.45, 2.75) is 0 Å². The van der Waals surface area contributed by atoms with Crippen LogP contribution in [0.15, 0.2) is 53.7 Å². The summed E-state index contributed by atoms with van der Waals surface area (Å²) in [5.41, 5.74) is 0.492. The Morgan fingerprint density at radius 2 is 2.00 bits per heavy atom. The van der Waals surface area contributed by atoms with Crippen molar-refractivity contribution in [2.24, 2.45) is 5.16 Å². The molecule has 0 aromatic heterocycles. The van der Waals surface area contributed by atoms with Crippen molar-refractivity contribution in [1.82, 2.24) is 0 Å². The molecule has 7 heteroatoms. The summed E-state index contributed by atoms with van der Waals surface area (Å²) < 4.78 is 5.12. The molecule has 0 N–H and O–H groups in total. The van der Waals surface area contributed by atoms with Crippen LogP contribution < -0.4 is 4.74 Å². The highest BCUT2D eigenvalue weighted by Crippen LogP contribution is 2.16. The highest BCUT2D eigenvalue weighted by Gasteiger charge is 2.12. The minimum Gasteiger partial charge on any atom is -0.496 e. The summed E-state index contributed by atoms with van der Waals surface area (Å²) in [4.78, 5) is 26.6. The third-order valence-corrected chi connectivity index (χ3v) is 2.76. The second-order valence-electron chi connectivity index (χ2n) is 4.16. The van der Waals surface area contributed by atoms with Crippen LogP contribution in [0, 0.1) is 10.1 Å². The van der Waals surface area contributed by atoms with Gasteiger partial charge in [-0.25, -0.2) is 4.79 Å². The monoisotopic (exact) mass is 300 g/mol. The third kappa shape index (κ3) is 3.66. The summed E-state index contributed by atoms with van der Waals surface area (Å²) in [7, 11) is 1.52. The molecule has 0 saturated heterocycles. The van der Waals surface area contributed by atoms with Gasteiger partial charge in [-0.05, 0) is 18.2 Å². The second-order valence-corrected chi connectivity index (χ2v) is 4.16. The minimum atomic E-state index is -0.783. The molecule has 0 heterocycles. The summed E-state index contributed by atoms with van der Waals surface area (Å²) in [6.07, 6.45) is 1.33. The van der Waals surface area contributed by atoms with Gasteiger partial charge >= 0.3 is 5.97 Å². The second kappa shape index (κ2) is 6.98. The quantitative estimate of drug-likeness (QED) is 0.366. The number of nitrogens with zero attached hydrogens (tertiary/aromatic N) is 2. The van der Waals surface area contributed by atoms with Crippen LogP contribution in [0.25, 0.3) is 0 Å². The van der Waals surface area contributed by atoms with E-state index in [0.29, 0.717) is 11.3 Å². The molecule has 2 aromatic rings. The van der Waals surface area contributed by atoms with Crippen LogP contribution in [-0.4, -0.2) is 24.2 Å². The molecule has 0 aliphatic rings. The lowest BCUT2D eigenvalue weighted by Gasteiger charge is -2.02. The van der Waals surface area contributed by atoms with Crippen molar-refractivity contribution in [2.75, 3.05) is 7.11 Å². The van der Waals surface area contributed by atoms with Crippen molar-refractivity contribution < 1.29 is 19.3 Å². The van der Waals surface area contributed by atoms with Crippen LogP contribution in [0.1, 0.15) is 15.9 Å². The lowest BCUT2D eigenvalue weighted by molar-refractivity contribution is -0.384. The lowest BCUT2D eigenvalue weighted by atomic mass is 10.2. The van der Waals surface area contributed by atoms with Gasteiger partial charge in [0.2, 0.25) is 0 Å². The first kappa shape index (κ1) is 15.2. The Kier molecular flexibility index (Phi) is 4.81. The van der Waals surface area contributed by atoms with Crippen LogP contribution >= 0.6 is 0 Å². The Morgan fingerprint density at radius 1 is 1.23 bits per heavy atom. The van der Waals surface area contributed by atoms with E-state index in [-0.39, 0.29) is 11.3 Å². The molecular weight excluding hydrogens is 288 g/mol. The molecule has 2 aromatic carbocycles. The number of oxime groups is 1. The van der Waals surface area contributed by atoms with Gasteiger partial charge in [0, 0.05) is 17.7 Å². The molecule has 0 aliphatic carbocycles. The predicted octanol–water partition coefficient (Wildman–Crippen LogP) is 2.79. The van der Waals surface area contributed by atoms with E-state index in [1.807, 2.05) is 0 Å². The zero-order valence-electron chi connectivity index (χ0n) is 11.6. The van der Waals surface area contributed by atoms with Crippen LogP contribution in [0.2, 0.25) is 0 Å². The van der Waals surface area contributed by atoms with Crippen molar-refractivity contribution >= 4 is 17.9 Å². The highest BCUT2D eigenvalue weighted by atomic mass is 16.7. The van der Waals surface area contributed by atoms with Gasteiger partial charge in [-0.2, -0.15) is 0 Å². The number of hydrogen-bond donors (Lipinski definition) is 0. The van der Waals surface area contributed by atoms with Gasteiger partial charge in [-0.3, -0.25) is 10.1 Å². The van der Waals surface area contributed by atoms with E-state index < -0.39 is 10.9 Å². The molecule has 0 bridgehead atoms. The van der Waals surface area contributed by atoms with E-state index in [2.05, 4.69) is 5.16 Å². The molecule has 112 valence electrons. The van der Waals surface area contributed by atoms with E-state index in [1.165, 1.54) is 31.5 Å². The van der Waals surface area contributed by atoms with Crippen molar-refractivity contribution in [3.8, 4) is 5.75 Å². The number of nitro benzene ring substituents is 1. The number of carbonyl (C=O) groups excluding carboxylic acids is 1. The summed E-state index contributed by atoms with van der Waals surface area (Å²) in [6.45, 7) is 0. The van der Waals surface area contributed by atoms with Gasteiger partial charge in [0.25, 0.3) is 5.69 Å². The predicted molar refractivity (Wildman–Crippen MR) is 79.1 cm³/mol. The Labute approximate surface area is 125 Å². The average molecular weight is 300 g/mol. The summed E-state index contributed by atoms with van der Waals surface area (Å²) >= 11 is 0. The van der Waals surface area contributed by atoms with Crippen LogP contribution in [-0.2, 0) is 4.84 Å². The van der Waals surface area contributed by atoms with E-state index in [1.54, 1.807) is 24.3 Å². The fourth-order valence-electron chi connectivity index (χ4n) is 1.70. The number of non-ortho nitro benzene ring substituents is 1. The van der Waals surface area contributed by atoms with Gasteiger partial charge in [-0.1, -0.05) is 23.4 Å². The van der Waals surface area contributed by atoms with Gasteiger partial charge in [0.15, 0.2) is 0 Å². The van der Waals surface area contributed by atoms with Crippen molar-refractivity contribution in [1.29, 1.82) is 0 Å². The van der Waals surface area contributed by atoms with Crippen molar-refractivity contribution in [3.63, 3.8) is 0 Å². The van der Waals surface area contributed by atoms with Crippen molar-refractivity contribution in [3.05, 3.63) is 69.8 Å². The van der Waals surface area contributed by atoms with Crippen LogP contribution in [0.5, 0.6) is 5.75 Å². The van der Waals surface area contributed by atoms with Crippen LogP contribution in [0.4, 0.5) is 5.69 Å². The fraction of sp³-hybridized carbons (Fsp3) is 0.0667. The molecule has 7 nitrogen and oxygen atoms in total. The first-order valence-electron chi connectivity index (χ1n) is 6.24.